The molecule has 0 radical (unpaired) electrons. The molecule has 0 fully saturated rings. The first-order valence-electron chi connectivity index (χ1n) is 7.37. The van der Waals surface area contributed by atoms with E-state index in [2.05, 4.69) is 19.2 Å². The molecular weight excluding hydrogens is 210 g/mol. The fourth-order valence-corrected chi connectivity index (χ4v) is 1.30. The molecule has 0 aromatic heterocycles. The molecule has 0 aliphatic rings. The summed E-state index contributed by atoms with van der Waals surface area (Å²) in [6, 6.07) is 0. The Labute approximate surface area is 110 Å². The molecule has 0 saturated heterocycles. The number of carbonyl (C=O) groups excluding carboxylic acids is 1. The lowest BCUT2D eigenvalue weighted by Gasteiger charge is -2.04. The zero-order chi connectivity index (χ0) is 14.1. The van der Waals surface area contributed by atoms with Gasteiger partial charge in [-0.3, -0.25) is 4.79 Å². The van der Waals surface area contributed by atoms with Gasteiger partial charge in [0.1, 0.15) is 0 Å². The van der Waals surface area contributed by atoms with Crippen molar-refractivity contribution in [1.29, 1.82) is 0 Å². The lowest BCUT2D eigenvalue weighted by atomic mass is 10.0. The maximum atomic E-state index is 10.5. The summed E-state index contributed by atoms with van der Waals surface area (Å²) in [5, 5.41) is 2.81. The number of unbranched alkanes of at least 4 members (excludes halogenated alkanes) is 3. The van der Waals surface area contributed by atoms with Crippen molar-refractivity contribution < 1.29 is 4.79 Å². The Kier molecular flexibility index (Phi) is 26.6. The van der Waals surface area contributed by atoms with Crippen LogP contribution in [0.5, 0.6) is 0 Å². The molecule has 2 nitrogen and oxygen atoms in total. The molecule has 0 aromatic carbocycles. The Morgan fingerprint density at radius 1 is 0.941 bits per heavy atom. The first-order chi connectivity index (χ1) is 8.13. The fourth-order valence-electron chi connectivity index (χ4n) is 1.30. The molecule has 106 valence electrons. The highest BCUT2D eigenvalue weighted by atomic mass is 16.1. The SMILES string of the molecule is CC.CC.CC(=O)NCCCCCCC(C)C. The van der Waals surface area contributed by atoms with Crippen LogP contribution in [0.2, 0.25) is 0 Å². The second kappa shape index (κ2) is 20.8. The van der Waals surface area contributed by atoms with Gasteiger partial charge in [-0.1, -0.05) is 67.2 Å². The summed E-state index contributed by atoms with van der Waals surface area (Å²) in [6.45, 7) is 14.9. The van der Waals surface area contributed by atoms with Crippen LogP contribution in [0.25, 0.3) is 0 Å². The van der Waals surface area contributed by atoms with Crippen LogP contribution < -0.4 is 5.32 Å². The summed E-state index contributed by atoms with van der Waals surface area (Å²) in [5.74, 6) is 0.914. The molecule has 0 bridgehead atoms. The van der Waals surface area contributed by atoms with E-state index in [9.17, 15) is 4.79 Å². The quantitative estimate of drug-likeness (QED) is 0.642. The van der Waals surface area contributed by atoms with Crippen LogP contribution in [0.15, 0.2) is 0 Å². The summed E-state index contributed by atoms with van der Waals surface area (Å²) in [7, 11) is 0. The standard InChI is InChI=1S/C11H23NO.2C2H6/c1-10(2)8-6-4-5-7-9-12-11(3)13;2*1-2/h10H,4-9H2,1-3H3,(H,12,13);2*1-2H3. The second-order valence-electron chi connectivity index (χ2n) is 4.08. The first kappa shape index (κ1) is 21.7. The minimum atomic E-state index is 0.0854. The molecule has 0 aliphatic heterocycles. The van der Waals surface area contributed by atoms with Gasteiger partial charge in [0.25, 0.3) is 0 Å². The third kappa shape index (κ3) is 31.3. The lowest BCUT2D eigenvalue weighted by Crippen LogP contribution is -2.20. The average molecular weight is 245 g/mol. The van der Waals surface area contributed by atoms with Gasteiger partial charge in [0, 0.05) is 13.5 Å². The van der Waals surface area contributed by atoms with Crippen LogP contribution in [-0.2, 0) is 4.79 Å². The van der Waals surface area contributed by atoms with Crippen LogP contribution in [-0.4, -0.2) is 12.5 Å². The van der Waals surface area contributed by atoms with E-state index in [1.54, 1.807) is 6.92 Å². The van der Waals surface area contributed by atoms with Crippen molar-refractivity contribution in [3.63, 3.8) is 0 Å². The van der Waals surface area contributed by atoms with Crippen molar-refractivity contribution in [3.05, 3.63) is 0 Å². The average Bonchev–Trinajstić information content (AvgIpc) is 2.32. The maximum Gasteiger partial charge on any atom is 0.216 e. The van der Waals surface area contributed by atoms with E-state index in [1.807, 2.05) is 27.7 Å². The summed E-state index contributed by atoms with van der Waals surface area (Å²) >= 11 is 0. The van der Waals surface area contributed by atoms with E-state index in [1.165, 1.54) is 25.7 Å². The van der Waals surface area contributed by atoms with Crippen molar-refractivity contribution in [2.45, 2.75) is 80.6 Å². The minimum Gasteiger partial charge on any atom is -0.356 e. The number of rotatable bonds is 7. The van der Waals surface area contributed by atoms with Gasteiger partial charge in [-0.15, -0.1) is 0 Å². The number of carbonyl (C=O) groups is 1. The van der Waals surface area contributed by atoms with Gasteiger partial charge in [0.2, 0.25) is 5.91 Å². The Balaban J connectivity index is -0.000000439. The molecular formula is C15H35NO. The molecule has 0 rings (SSSR count). The highest BCUT2D eigenvalue weighted by molar-refractivity contribution is 5.72. The highest BCUT2D eigenvalue weighted by Crippen LogP contribution is 2.08. The van der Waals surface area contributed by atoms with Gasteiger partial charge < -0.3 is 5.32 Å². The third-order valence-corrected chi connectivity index (χ3v) is 2.08. The van der Waals surface area contributed by atoms with Gasteiger partial charge in [-0.2, -0.15) is 0 Å². The molecule has 0 unspecified atom stereocenters. The maximum absolute atomic E-state index is 10.5. The molecule has 0 spiro atoms. The van der Waals surface area contributed by atoms with Crippen LogP contribution in [0.4, 0.5) is 0 Å². The van der Waals surface area contributed by atoms with Crippen molar-refractivity contribution >= 4 is 5.91 Å². The predicted molar refractivity (Wildman–Crippen MR) is 79.3 cm³/mol. The van der Waals surface area contributed by atoms with Gasteiger partial charge in [0.05, 0.1) is 0 Å². The van der Waals surface area contributed by atoms with E-state index in [0.29, 0.717) is 0 Å². The van der Waals surface area contributed by atoms with Crippen LogP contribution >= 0.6 is 0 Å². The summed E-state index contributed by atoms with van der Waals surface area (Å²) < 4.78 is 0. The van der Waals surface area contributed by atoms with Crippen LogP contribution in [0.1, 0.15) is 80.6 Å². The number of hydrogen-bond acceptors (Lipinski definition) is 1. The van der Waals surface area contributed by atoms with Gasteiger partial charge in [-0.25, -0.2) is 0 Å². The topological polar surface area (TPSA) is 29.1 Å². The van der Waals surface area contributed by atoms with Gasteiger partial charge in [0.15, 0.2) is 0 Å². The summed E-state index contributed by atoms with van der Waals surface area (Å²) in [5.41, 5.74) is 0. The highest BCUT2D eigenvalue weighted by Gasteiger charge is 1.94. The van der Waals surface area contributed by atoms with Gasteiger partial charge >= 0.3 is 0 Å². The Morgan fingerprint density at radius 2 is 1.41 bits per heavy atom. The number of nitrogens with one attached hydrogen (secondary N) is 1. The molecule has 0 aromatic rings. The van der Waals surface area contributed by atoms with E-state index in [4.69, 9.17) is 0 Å². The van der Waals surface area contributed by atoms with Crippen LogP contribution in [0, 0.1) is 5.92 Å². The van der Waals surface area contributed by atoms with Crippen molar-refractivity contribution in [2.75, 3.05) is 6.54 Å². The molecule has 0 heterocycles. The molecule has 2 heteroatoms. The molecule has 0 atom stereocenters. The number of amides is 1. The second-order valence-corrected chi connectivity index (χ2v) is 4.08. The lowest BCUT2D eigenvalue weighted by molar-refractivity contribution is -0.118. The molecule has 1 N–H and O–H groups in total. The van der Waals surface area contributed by atoms with E-state index >= 15 is 0 Å². The molecule has 17 heavy (non-hydrogen) atoms. The van der Waals surface area contributed by atoms with Crippen molar-refractivity contribution in [3.8, 4) is 0 Å². The zero-order valence-electron chi connectivity index (χ0n) is 13.2. The molecule has 0 saturated carbocycles. The normalized spacial score (nSPS) is 8.71. The van der Waals surface area contributed by atoms with Crippen molar-refractivity contribution in [1.82, 2.24) is 5.32 Å². The Hall–Kier alpha value is -0.530. The zero-order valence-corrected chi connectivity index (χ0v) is 13.2. The van der Waals surface area contributed by atoms with E-state index in [0.717, 1.165) is 18.9 Å². The summed E-state index contributed by atoms with van der Waals surface area (Å²) in [6.07, 6.45) is 6.33. The summed E-state index contributed by atoms with van der Waals surface area (Å²) in [4.78, 5) is 10.5. The largest absolute Gasteiger partial charge is 0.356 e. The Morgan fingerprint density at radius 3 is 1.82 bits per heavy atom. The third-order valence-electron chi connectivity index (χ3n) is 2.08. The predicted octanol–water partition coefficient (Wildman–Crippen LogP) is 4.78. The first-order valence-corrected chi connectivity index (χ1v) is 7.37. The smallest absolute Gasteiger partial charge is 0.216 e. The Bertz CT molecular complexity index is 133. The molecule has 0 aliphatic carbocycles. The van der Waals surface area contributed by atoms with Gasteiger partial charge in [-0.05, 0) is 12.3 Å². The van der Waals surface area contributed by atoms with Crippen molar-refractivity contribution in [2.24, 2.45) is 5.92 Å². The number of hydrogen-bond donors (Lipinski definition) is 1. The van der Waals surface area contributed by atoms with Crippen LogP contribution in [0.3, 0.4) is 0 Å². The molecule has 1 amide bonds. The van der Waals surface area contributed by atoms with E-state index in [-0.39, 0.29) is 5.91 Å². The van der Waals surface area contributed by atoms with E-state index < -0.39 is 0 Å². The monoisotopic (exact) mass is 245 g/mol. The fraction of sp³-hybridized carbons (Fsp3) is 0.933. The minimum absolute atomic E-state index is 0.0854.